The molecule has 0 aliphatic carbocycles. The average Bonchev–Trinajstić information content (AvgIpc) is 3.20. The van der Waals surface area contributed by atoms with Crippen molar-refractivity contribution in [2.75, 3.05) is 33.3 Å². The van der Waals surface area contributed by atoms with Gasteiger partial charge in [-0.1, -0.05) is 6.92 Å². The van der Waals surface area contributed by atoms with Crippen LogP contribution in [0.4, 0.5) is 0 Å². The van der Waals surface area contributed by atoms with Crippen molar-refractivity contribution in [1.29, 1.82) is 0 Å². The van der Waals surface area contributed by atoms with Crippen molar-refractivity contribution in [1.82, 2.24) is 19.8 Å². The smallest absolute Gasteiger partial charge is 0.253 e. The fraction of sp³-hybridized carbons (Fsp3) is 0.524. The van der Waals surface area contributed by atoms with Crippen LogP contribution in [-0.4, -0.2) is 59.0 Å². The number of H-pyrrole nitrogens is 1. The van der Waals surface area contributed by atoms with E-state index >= 15 is 0 Å². The molecule has 6 nitrogen and oxygen atoms in total. The Labute approximate surface area is 160 Å². The minimum Gasteiger partial charge on any atom is -0.497 e. The molecule has 1 fully saturated rings. The third-order valence-corrected chi connectivity index (χ3v) is 6.10. The lowest BCUT2D eigenvalue weighted by molar-refractivity contribution is 0.00708. The van der Waals surface area contributed by atoms with E-state index < -0.39 is 0 Å². The Morgan fingerprint density at radius 1 is 1.22 bits per heavy atom. The summed E-state index contributed by atoms with van der Waals surface area (Å²) in [6.07, 6.45) is 5.87. The number of aromatic amines is 1. The third-order valence-electron chi connectivity index (χ3n) is 6.10. The van der Waals surface area contributed by atoms with Crippen LogP contribution in [-0.2, 0) is 12.0 Å². The van der Waals surface area contributed by atoms with E-state index in [0.717, 1.165) is 63.2 Å². The molecule has 6 heteroatoms. The number of hydrogen-bond acceptors (Lipinski definition) is 4. The maximum atomic E-state index is 12.9. The predicted molar refractivity (Wildman–Crippen MR) is 104 cm³/mol. The van der Waals surface area contributed by atoms with Gasteiger partial charge in [0.25, 0.3) is 5.91 Å². The fourth-order valence-corrected chi connectivity index (χ4v) is 4.67. The SMILES string of the molecule is CCCN1CCc2[nH]cnc2C12CCN(C(=O)c1ccc(OC)cc1)CC2. The molecule has 0 radical (unpaired) electrons. The molecule has 1 saturated heterocycles. The molecule has 1 N–H and O–H groups in total. The van der Waals surface area contributed by atoms with E-state index in [1.165, 1.54) is 11.4 Å². The molecule has 1 spiro atoms. The Kier molecular flexibility index (Phi) is 4.91. The number of piperidine rings is 1. The average molecular weight is 368 g/mol. The maximum absolute atomic E-state index is 12.9. The topological polar surface area (TPSA) is 61.5 Å². The normalized spacial score (nSPS) is 19.1. The van der Waals surface area contributed by atoms with Gasteiger partial charge < -0.3 is 14.6 Å². The quantitative estimate of drug-likeness (QED) is 0.901. The summed E-state index contributed by atoms with van der Waals surface area (Å²) in [4.78, 5) is 25.5. The minimum absolute atomic E-state index is 0.0275. The summed E-state index contributed by atoms with van der Waals surface area (Å²) in [5.41, 5.74) is 3.18. The van der Waals surface area contributed by atoms with Gasteiger partial charge in [-0.3, -0.25) is 9.69 Å². The molecule has 4 rings (SSSR count). The predicted octanol–water partition coefficient (Wildman–Crippen LogP) is 2.82. The van der Waals surface area contributed by atoms with Crippen molar-refractivity contribution in [2.24, 2.45) is 0 Å². The van der Waals surface area contributed by atoms with Gasteiger partial charge in [-0.15, -0.1) is 0 Å². The molecular formula is C21H28N4O2. The van der Waals surface area contributed by atoms with Crippen molar-refractivity contribution >= 4 is 5.91 Å². The lowest BCUT2D eigenvalue weighted by Crippen LogP contribution is -2.57. The van der Waals surface area contributed by atoms with Gasteiger partial charge in [0, 0.05) is 37.3 Å². The first-order valence-electron chi connectivity index (χ1n) is 9.89. The highest BCUT2D eigenvalue weighted by molar-refractivity contribution is 5.94. The van der Waals surface area contributed by atoms with Gasteiger partial charge in [0.1, 0.15) is 5.75 Å². The molecule has 1 amide bonds. The fourth-order valence-electron chi connectivity index (χ4n) is 4.67. The number of nitrogens with zero attached hydrogens (tertiary/aromatic N) is 3. The number of likely N-dealkylation sites (tertiary alicyclic amines) is 1. The highest BCUT2D eigenvalue weighted by Gasteiger charge is 2.46. The van der Waals surface area contributed by atoms with Crippen molar-refractivity contribution in [3.63, 3.8) is 0 Å². The van der Waals surface area contributed by atoms with E-state index in [9.17, 15) is 4.79 Å². The van der Waals surface area contributed by atoms with Gasteiger partial charge in [0.2, 0.25) is 0 Å². The molecule has 2 aliphatic heterocycles. The number of ether oxygens (including phenoxy) is 1. The second-order valence-corrected chi connectivity index (χ2v) is 7.52. The van der Waals surface area contributed by atoms with E-state index in [2.05, 4.69) is 16.8 Å². The number of benzene rings is 1. The standard InChI is InChI=1S/C21H28N4O2/c1-3-11-25-12-8-18-19(23-15-22-18)21(25)9-13-24(14-10-21)20(26)16-4-6-17(27-2)7-5-16/h4-7,15H,3,8-14H2,1-2H3,(H,22,23). The lowest BCUT2D eigenvalue weighted by atomic mass is 9.78. The highest BCUT2D eigenvalue weighted by Crippen LogP contribution is 2.42. The largest absolute Gasteiger partial charge is 0.497 e. The summed E-state index contributed by atoms with van der Waals surface area (Å²) in [5, 5.41) is 0. The second-order valence-electron chi connectivity index (χ2n) is 7.52. The van der Waals surface area contributed by atoms with E-state index in [-0.39, 0.29) is 11.4 Å². The Hall–Kier alpha value is -2.34. The Bertz CT molecular complexity index is 791. The molecule has 0 atom stereocenters. The molecule has 0 unspecified atom stereocenters. The summed E-state index contributed by atoms with van der Waals surface area (Å²) < 4.78 is 5.19. The van der Waals surface area contributed by atoms with Crippen LogP contribution in [0.1, 0.15) is 47.9 Å². The van der Waals surface area contributed by atoms with Crippen molar-refractivity contribution in [3.8, 4) is 5.75 Å². The Morgan fingerprint density at radius 3 is 2.63 bits per heavy atom. The zero-order valence-corrected chi connectivity index (χ0v) is 16.2. The van der Waals surface area contributed by atoms with Crippen LogP contribution in [0.3, 0.4) is 0 Å². The third kappa shape index (κ3) is 3.12. The van der Waals surface area contributed by atoms with E-state index in [0.29, 0.717) is 0 Å². The summed E-state index contributed by atoms with van der Waals surface area (Å²) in [5.74, 6) is 0.875. The first kappa shape index (κ1) is 18.0. The number of fused-ring (bicyclic) bond motifs is 2. The van der Waals surface area contributed by atoms with Crippen LogP contribution in [0.5, 0.6) is 5.75 Å². The van der Waals surface area contributed by atoms with Crippen LogP contribution in [0.25, 0.3) is 0 Å². The number of imidazole rings is 1. The molecule has 2 aromatic rings. The number of nitrogens with one attached hydrogen (secondary N) is 1. The number of methoxy groups -OCH3 is 1. The molecule has 144 valence electrons. The number of rotatable bonds is 4. The van der Waals surface area contributed by atoms with Crippen molar-refractivity contribution in [2.45, 2.75) is 38.1 Å². The van der Waals surface area contributed by atoms with Crippen LogP contribution in [0, 0.1) is 0 Å². The van der Waals surface area contributed by atoms with Crippen LogP contribution >= 0.6 is 0 Å². The summed E-state index contributed by atoms with van der Waals surface area (Å²) >= 11 is 0. The van der Waals surface area contributed by atoms with Gasteiger partial charge in [-0.25, -0.2) is 4.98 Å². The van der Waals surface area contributed by atoms with Gasteiger partial charge in [0.05, 0.1) is 24.7 Å². The lowest BCUT2D eigenvalue weighted by Gasteiger charge is -2.50. The van der Waals surface area contributed by atoms with E-state index in [1.807, 2.05) is 35.5 Å². The van der Waals surface area contributed by atoms with E-state index in [4.69, 9.17) is 9.72 Å². The number of aromatic nitrogens is 2. The molecule has 3 heterocycles. The van der Waals surface area contributed by atoms with Gasteiger partial charge in [-0.2, -0.15) is 0 Å². The van der Waals surface area contributed by atoms with E-state index in [1.54, 1.807) is 7.11 Å². The monoisotopic (exact) mass is 368 g/mol. The molecule has 27 heavy (non-hydrogen) atoms. The van der Waals surface area contributed by atoms with Crippen LogP contribution in [0.15, 0.2) is 30.6 Å². The summed E-state index contributed by atoms with van der Waals surface area (Å²) in [6, 6.07) is 7.39. The van der Waals surface area contributed by atoms with Gasteiger partial charge in [-0.05, 0) is 50.1 Å². The Morgan fingerprint density at radius 2 is 1.96 bits per heavy atom. The van der Waals surface area contributed by atoms with Gasteiger partial charge in [0.15, 0.2) is 0 Å². The van der Waals surface area contributed by atoms with Gasteiger partial charge >= 0.3 is 0 Å². The molecule has 1 aromatic carbocycles. The minimum atomic E-state index is -0.0275. The first-order chi connectivity index (χ1) is 13.2. The van der Waals surface area contributed by atoms with Crippen molar-refractivity contribution in [3.05, 3.63) is 47.5 Å². The first-order valence-corrected chi connectivity index (χ1v) is 9.89. The summed E-state index contributed by atoms with van der Waals surface area (Å²) in [6.45, 7) is 5.90. The molecule has 1 aromatic heterocycles. The van der Waals surface area contributed by atoms with Crippen LogP contribution in [0.2, 0.25) is 0 Å². The zero-order valence-electron chi connectivity index (χ0n) is 16.2. The number of carbonyl (C=O) groups excluding carboxylic acids is 1. The molecule has 0 saturated carbocycles. The maximum Gasteiger partial charge on any atom is 0.253 e. The number of carbonyl (C=O) groups is 1. The Balaban J connectivity index is 1.52. The molecule has 2 aliphatic rings. The molecular weight excluding hydrogens is 340 g/mol. The number of amides is 1. The molecule has 0 bridgehead atoms. The summed E-state index contributed by atoms with van der Waals surface area (Å²) in [7, 11) is 1.64. The number of hydrogen-bond donors (Lipinski definition) is 1. The zero-order chi connectivity index (χ0) is 18.9. The second kappa shape index (κ2) is 7.35. The highest BCUT2D eigenvalue weighted by atomic mass is 16.5. The van der Waals surface area contributed by atoms with Crippen LogP contribution < -0.4 is 4.74 Å². The van der Waals surface area contributed by atoms with Crippen molar-refractivity contribution < 1.29 is 9.53 Å².